The number of anilines is 2. The maximum Gasteiger partial charge on any atom is 0.322 e. The second-order valence-electron chi connectivity index (χ2n) is 5.37. The summed E-state index contributed by atoms with van der Waals surface area (Å²) in [5.41, 5.74) is 0. The molecule has 1 unspecified atom stereocenters. The van der Waals surface area contributed by atoms with Gasteiger partial charge in [-0.1, -0.05) is 6.92 Å². The molecule has 21 heavy (non-hydrogen) atoms. The van der Waals surface area contributed by atoms with Crippen molar-refractivity contribution in [2.75, 3.05) is 43.9 Å². The first-order valence-electron chi connectivity index (χ1n) is 7.74. The lowest BCUT2D eigenvalue weighted by molar-refractivity contribution is 0.269. The summed E-state index contributed by atoms with van der Waals surface area (Å²) in [5, 5.41) is 6.45. The number of hydrogen-bond donors (Lipinski definition) is 2. The number of nitrogens with one attached hydrogen (secondary N) is 2. The van der Waals surface area contributed by atoms with Gasteiger partial charge in [0.05, 0.1) is 7.11 Å². The highest BCUT2D eigenvalue weighted by molar-refractivity contribution is 5.35. The summed E-state index contributed by atoms with van der Waals surface area (Å²) in [5.74, 6) is 1.12. The average Bonchev–Trinajstić information content (AvgIpc) is 3.04. The molecule has 0 aliphatic carbocycles. The van der Waals surface area contributed by atoms with Gasteiger partial charge in [0, 0.05) is 19.1 Å². The number of likely N-dealkylation sites (tertiary alicyclic amines) is 1. The van der Waals surface area contributed by atoms with Crippen molar-refractivity contribution in [3.63, 3.8) is 0 Å². The number of hydrogen-bond acceptors (Lipinski definition) is 7. The first kappa shape index (κ1) is 15.8. The predicted molar refractivity (Wildman–Crippen MR) is 83.9 cm³/mol. The Hall–Kier alpha value is -1.63. The number of methoxy groups -OCH3 is 1. The number of ether oxygens (including phenoxy) is 1. The highest BCUT2D eigenvalue weighted by Crippen LogP contribution is 2.14. The zero-order chi connectivity index (χ0) is 15.1. The van der Waals surface area contributed by atoms with Crippen LogP contribution in [-0.2, 0) is 0 Å². The van der Waals surface area contributed by atoms with Gasteiger partial charge in [0.15, 0.2) is 0 Å². The first-order chi connectivity index (χ1) is 10.2. The van der Waals surface area contributed by atoms with Crippen LogP contribution in [0.5, 0.6) is 6.01 Å². The minimum absolute atomic E-state index is 0.333. The third-order valence-electron chi connectivity index (χ3n) is 3.65. The van der Waals surface area contributed by atoms with Gasteiger partial charge in [0.2, 0.25) is 11.9 Å². The molecule has 1 atom stereocenters. The fraction of sp³-hybridized carbons (Fsp3) is 0.786. The zero-order valence-corrected chi connectivity index (χ0v) is 13.2. The monoisotopic (exact) mass is 294 g/mol. The van der Waals surface area contributed by atoms with E-state index in [0.717, 1.165) is 19.5 Å². The van der Waals surface area contributed by atoms with Crippen LogP contribution in [0.2, 0.25) is 0 Å². The van der Waals surface area contributed by atoms with E-state index in [1.54, 1.807) is 7.11 Å². The Labute approximate surface area is 126 Å². The van der Waals surface area contributed by atoms with Gasteiger partial charge in [-0.15, -0.1) is 0 Å². The molecular weight excluding hydrogens is 268 g/mol. The Balaban J connectivity index is 1.94. The Kier molecular flexibility index (Phi) is 5.98. The Morgan fingerprint density at radius 3 is 2.43 bits per heavy atom. The van der Waals surface area contributed by atoms with Gasteiger partial charge in [0.1, 0.15) is 0 Å². The fourth-order valence-corrected chi connectivity index (χ4v) is 2.39. The van der Waals surface area contributed by atoms with Crippen LogP contribution in [0.25, 0.3) is 0 Å². The molecule has 2 N–H and O–H groups in total. The highest BCUT2D eigenvalue weighted by atomic mass is 16.5. The molecule has 2 rings (SSSR count). The van der Waals surface area contributed by atoms with E-state index in [1.165, 1.54) is 25.9 Å². The minimum atomic E-state index is 0.333. The van der Waals surface area contributed by atoms with E-state index < -0.39 is 0 Å². The van der Waals surface area contributed by atoms with Crippen molar-refractivity contribution >= 4 is 11.9 Å². The molecule has 0 amide bonds. The van der Waals surface area contributed by atoms with Crippen molar-refractivity contribution in [2.24, 2.45) is 0 Å². The van der Waals surface area contributed by atoms with E-state index in [2.05, 4.69) is 44.3 Å². The summed E-state index contributed by atoms with van der Waals surface area (Å²) in [7, 11) is 1.57. The molecule has 1 saturated heterocycles. The van der Waals surface area contributed by atoms with Gasteiger partial charge < -0.3 is 15.4 Å². The minimum Gasteiger partial charge on any atom is -0.467 e. The summed E-state index contributed by atoms with van der Waals surface area (Å²) in [6.45, 7) is 8.35. The molecule has 1 aliphatic heterocycles. The van der Waals surface area contributed by atoms with E-state index >= 15 is 0 Å². The van der Waals surface area contributed by atoms with Crippen molar-refractivity contribution in [1.29, 1.82) is 0 Å². The lowest BCUT2D eigenvalue weighted by atomic mass is 10.3. The second-order valence-corrected chi connectivity index (χ2v) is 5.37. The summed E-state index contributed by atoms with van der Waals surface area (Å²) in [6.07, 6.45) is 3.62. The van der Waals surface area contributed by atoms with E-state index in [1.807, 2.05) is 0 Å². The largest absolute Gasteiger partial charge is 0.467 e. The third kappa shape index (κ3) is 4.70. The smallest absolute Gasteiger partial charge is 0.322 e. The molecule has 7 nitrogen and oxygen atoms in total. The molecule has 1 fully saturated rings. The molecule has 7 heteroatoms. The second kappa shape index (κ2) is 7.97. The van der Waals surface area contributed by atoms with Crippen molar-refractivity contribution < 1.29 is 4.74 Å². The quantitative estimate of drug-likeness (QED) is 0.754. The standard InChI is InChI=1S/C14H26N6O/c1-4-7-15-12-17-13(19-14(18-12)21-3)16-10-11(2)20-8-5-6-9-20/h11H,4-10H2,1-3H3,(H2,15,16,17,18,19). The van der Waals surface area contributed by atoms with Gasteiger partial charge in [-0.25, -0.2) is 0 Å². The van der Waals surface area contributed by atoms with Crippen molar-refractivity contribution in [1.82, 2.24) is 19.9 Å². The van der Waals surface area contributed by atoms with E-state index in [-0.39, 0.29) is 0 Å². The van der Waals surface area contributed by atoms with E-state index in [9.17, 15) is 0 Å². The van der Waals surface area contributed by atoms with Crippen molar-refractivity contribution in [3.8, 4) is 6.01 Å². The van der Waals surface area contributed by atoms with Crippen LogP contribution in [0.3, 0.4) is 0 Å². The topological polar surface area (TPSA) is 75.2 Å². The van der Waals surface area contributed by atoms with Crippen LogP contribution in [0, 0.1) is 0 Å². The number of rotatable bonds is 8. The summed E-state index contributed by atoms with van der Waals surface area (Å²) in [6, 6.07) is 0.808. The van der Waals surface area contributed by atoms with Crippen LogP contribution in [-0.4, -0.2) is 59.2 Å². The van der Waals surface area contributed by atoms with Gasteiger partial charge in [0.25, 0.3) is 0 Å². The molecule has 0 radical (unpaired) electrons. The van der Waals surface area contributed by atoms with Gasteiger partial charge in [-0.3, -0.25) is 4.90 Å². The zero-order valence-electron chi connectivity index (χ0n) is 13.2. The van der Waals surface area contributed by atoms with Crippen LogP contribution in [0.4, 0.5) is 11.9 Å². The average molecular weight is 294 g/mol. The predicted octanol–water partition coefficient (Wildman–Crippen LogP) is 1.60. The van der Waals surface area contributed by atoms with E-state index in [0.29, 0.717) is 23.9 Å². The molecular formula is C14H26N6O. The van der Waals surface area contributed by atoms with Crippen molar-refractivity contribution in [2.45, 2.75) is 39.2 Å². The molecule has 2 heterocycles. The summed E-state index contributed by atoms with van der Waals surface area (Å²) >= 11 is 0. The Morgan fingerprint density at radius 1 is 1.14 bits per heavy atom. The summed E-state index contributed by atoms with van der Waals surface area (Å²) in [4.78, 5) is 15.3. The fourth-order valence-electron chi connectivity index (χ4n) is 2.39. The van der Waals surface area contributed by atoms with Crippen LogP contribution < -0.4 is 15.4 Å². The molecule has 1 aromatic rings. The number of aromatic nitrogens is 3. The third-order valence-corrected chi connectivity index (χ3v) is 3.65. The highest BCUT2D eigenvalue weighted by Gasteiger charge is 2.18. The SMILES string of the molecule is CCCNc1nc(NCC(C)N2CCCC2)nc(OC)n1. The molecule has 0 aromatic carbocycles. The van der Waals surface area contributed by atoms with Crippen LogP contribution >= 0.6 is 0 Å². The summed E-state index contributed by atoms with van der Waals surface area (Å²) < 4.78 is 5.13. The lowest BCUT2D eigenvalue weighted by Crippen LogP contribution is -2.35. The van der Waals surface area contributed by atoms with Crippen LogP contribution in [0.1, 0.15) is 33.1 Å². The van der Waals surface area contributed by atoms with Gasteiger partial charge >= 0.3 is 6.01 Å². The maximum atomic E-state index is 5.13. The maximum absolute atomic E-state index is 5.13. The normalized spacial score (nSPS) is 16.7. The Morgan fingerprint density at radius 2 is 1.81 bits per heavy atom. The lowest BCUT2D eigenvalue weighted by Gasteiger charge is -2.23. The Bertz CT molecular complexity index is 435. The number of nitrogens with zero attached hydrogens (tertiary/aromatic N) is 4. The molecule has 118 valence electrons. The van der Waals surface area contributed by atoms with Gasteiger partial charge in [-0.05, 0) is 39.3 Å². The molecule has 0 bridgehead atoms. The van der Waals surface area contributed by atoms with E-state index in [4.69, 9.17) is 4.74 Å². The molecule has 0 saturated carbocycles. The first-order valence-corrected chi connectivity index (χ1v) is 7.74. The molecule has 0 spiro atoms. The van der Waals surface area contributed by atoms with Gasteiger partial charge in [-0.2, -0.15) is 15.0 Å². The molecule has 1 aromatic heterocycles. The van der Waals surface area contributed by atoms with Crippen molar-refractivity contribution in [3.05, 3.63) is 0 Å². The molecule has 1 aliphatic rings. The van der Waals surface area contributed by atoms with Crippen LogP contribution in [0.15, 0.2) is 0 Å².